The van der Waals surface area contributed by atoms with E-state index in [1.54, 1.807) is 6.92 Å². The second-order valence-corrected chi connectivity index (χ2v) is 5.13. The molecule has 2 rings (SSSR count). The fourth-order valence-electron chi connectivity index (χ4n) is 1.69. The average Bonchev–Trinajstić information content (AvgIpc) is 2.38. The molecule has 20 heavy (non-hydrogen) atoms. The zero-order valence-corrected chi connectivity index (χ0v) is 12.1. The van der Waals surface area contributed by atoms with E-state index in [0.717, 1.165) is 6.07 Å². The molecule has 0 radical (unpaired) electrons. The number of amides is 1. The zero-order valence-electron chi connectivity index (χ0n) is 10.5. The summed E-state index contributed by atoms with van der Waals surface area (Å²) in [6, 6.07) is 6.43. The minimum atomic E-state index is -0.671. The van der Waals surface area contributed by atoms with Gasteiger partial charge in [-0.15, -0.1) is 0 Å². The summed E-state index contributed by atoms with van der Waals surface area (Å²) in [5, 5.41) is 2.53. The Bertz CT molecular complexity index is 689. The molecule has 6 heteroatoms. The molecule has 0 aliphatic rings. The van der Waals surface area contributed by atoms with Gasteiger partial charge in [-0.1, -0.05) is 0 Å². The van der Waals surface area contributed by atoms with Crippen molar-refractivity contribution >= 4 is 33.2 Å². The lowest BCUT2D eigenvalue weighted by molar-refractivity contribution is 0.102. The number of nitrogen functional groups attached to an aromatic ring is 1. The van der Waals surface area contributed by atoms with Crippen LogP contribution in [0.4, 0.5) is 20.2 Å². The standard InChI is InChI=1S/C14H11BrF2N2O/c1-7-4-12(17)10(15)6-13(7)19-14(20)9-5-8(18)2-3-11(9)16/h2-6H,18H2,1H3,(H,19,20). The van der Waals surface area contributed by atoms with E-state index in [9.17, 15) is 13.6 Å². The van der Waals surface area contributed by atoms with Gasteiger partial charge in [0.05, 0.1) is 10.0 Å². The van der Waals surface area contributed by atoms with Crippen molar-refractivity contribution in [3.05, 3.63) is 57.6 Å². The molecule has 3 N–H and O–H groups in total. The van der Waals surface area contributed by atoms with Gasteiger partial charge in [0.25, 0.3) is 5.91 Å². The van der Waals surface area contributed by atoms with Crippen LogP contribution in [0.1, 0.15) is 15.9 Å². The van der Waals surface area contributed by atoms with Crippen LogP contribution in [0.2, 0.25) is 0 Å². The van der Waals surface area contributed by atoms with Gasteiger partial charge in [0.1, 0.15) is 11.6 Å². The molecule has 0 aromatic heterocycles. The molecule has 0 aliphatic heterocycles. The number of aryl methyl sites for hydroxylation is 1. The van der Waals surface area contributed by atoms with Crippen LogP contribution in [0.25, 0.3) is 0 Å². The summed E-state index contributed by atoms with van der Waals surface area (Å²) in [6.45, 7) is 1.64. The second kappa shape index (κ2) is 5.58. The first-order chi connectivity index (χ1) is 9.38. The minimum Gasteiger partial charge on any atom is -0.399 e. The highest BCUT2D eigenvalue weighted by Gasteiger charge is 2.14. The van der Waals surface area contributed by atoms with Gasteiger partial charge in [-0.25, -0.2) is 8.78 Å². The second-order valence-electron chi connectivity index (χ2n) is 4.27. The third kappa shape index (κ3) is 2.96. The number of nitrogens with one attached hydrogen (secondary N) is 1. The largest absolute Gasteiger partial charge is 0.399 e. The van der Waals surface area contributed by atoms with E-state index in [-0.39, 0.29) is 15.7 Å². The summed E-state index contributed by atoms with van der Waals surface area (Å²) in [6.07, 6.45) is 0. The van der Waals surface area contributed by atoms with Crippen LogP contribution in [-0.4, -0.2) is 5.91 Å². The van der Waals surface area contributed by atoms with Gasteiger partial charge >= 0.3 is 0 Å². The first-order valence-corrected chi connectivity index (χ1v) is 6.50. The summed E-state index contributed by atoms with van der Waals surface area (Å²) in [5.74, 6) is -1.75. The molecule has 0 heterocycles. The third-order valence-electron chi connectivity index (χ3n) is 2.75. The van der Waals surface area contributed by atoms with Crippen LogP contribution in [0, 0.1) is 18.6 Å². The fraction of sp³-hybridized carbons (Fsp3) is 0.0714. The van der Waals surface area contributed by atoms with Crippen molar-refractivity contribution < 1.29 is 13.6 Å². The van der Waals surface area contributed by atoms with E-state index >= 15 is 0 Å². The molecule has 1 amide bonds. The van der Waals surface area contributed by atoms with Gasteiger partial charge in [0.2, 0.25) is 0 Å². The van der Waals surface area contributed by atoms with Gasteiger partial charge in [-0.3, -0.25) is 4.79 Å². The Morgan fingerprint density at radius 2 is 1.90 bits per heavy atom. The Labute approximate surface area is 122 Å². The Kier molecular flexibility index (Phi) is 4.04. The minimum absolute atomic E-state index is 0.162. The molecule has 0 atom stereocenters. The number of nitrogens with two attached hydrogens (primary N) is 1. The van der Waals surface area contributed by atoms with Gasteiger partial charge in [0, 0.05) is 11.4 Å². The Morgan fingerprint density at radius 3 is 2.60 bits per heavy atom. The summed E-state index contributed by atoms with van der Waals surface area (Å²) < 4.78 is 27.1. The number of rotatable bonds is 2. The van der Waals surface area contributed by atoms with Crippen molar-refractivity contribution in [2.24, 2.45) is 0 Å². The lowest BCUT2D eigenvalue weighted by Crippen LogP contribution is -2.15. The van der Waals surface area contributed by atoms with Crippen LogP contribution in [0.15, 0.2) is 34.8 Å². The number of anilines is 2. The van der Waals surface area contributed by atoms with E-state index < -0.39 is 17.5 Å². The van der Waals surface area contributed by atoms with Crippen molar-refractivity contribution in [1.82, 2.24) is 0 Å². The number of benzene rings is 2. The molecule has 0 saturated heterocycles. The van der Waals surface area contributed by atoms with Crippen LogP contribution < -0.4 is 11.1 Å². The zero-order chi connectivity index (χ0) is 14.9. The van der Waals surface area contributed by atoms with Crippen molar-refractivity contribution in [3.8, 4) is 0 Å². The van der Waals surface area contributed by atoms with E-state index in [4.69, 9.17) is 5.73 Å². The molecule has 0 saturated carbocycles. The molecule has 0 spiro atoms. The maximum absolute atomic E-state index is 13.6. The monoisotopic (exact) mass is 340 g/mol. The molecule has 0 aliphatic carbocycles. The van der Waals surface area contributed by atoms with Crippen molar-refractivity contribution in [3.63, 3.8) is 0 Å². The molecule has 0 bridgehead atoms. The predicted molar refractivity (Wildman–Crippen MR) is 77.6 cm³/mol. The van der Waals surface area contributed by atoms with Crippen molar-refractivity contribution in [2.45, 2.75) is 6.92 Å². The maximum Gasteiger partial charge on any atom is 0.258 e. The van der Waals surface area contributed by atoms with Gasteiger partial charge in [0.15, 0.2) is 0 Å². The summed E-state index contributed by atoms with van der Waals surface area (Å²) in [4.78, 5) is 12.0. The highest BCUT2D eigenvalue weighted by molar-refractivity contribution is 9.10. The van der Waals surface area contributed by atoms with Crippen molar-refractivity contribution in [2.75, 3.05) is 11.1 Å². The first kappa shape index (κ1) is 14.5. The third-order valence-corrected chi connectivity index (χ3v) is 3.36. The fourth-order valence-corrected chi connectivity index (χ4v) is 2.03. The molecule has 104 valence electrons. The molecule has 0 fully saturated rings. The lowest BCUT2D eigenvalue weighted by Gasteiger charge is -2.10. The Morgan fingerprint density at radius 1 is 1.20 bits per heavy atom. The maximum atomic E-state index is 13.6. The molecule has 2 aromatic rings. The molecular weight excluding hydrogens is 330 g/mol. The summed E-state index contributed by atoms with van der Waals surface area (Å²) >= 11 is 3.03. The normalized spacial score (nSPS) is 10.4. The van der Waals surface area contributed by atoms with E-state index in [2.05, 4.69) is 21.2 Å². The Balaban J connectivity index is 2.32. The quantitative estimate of drug-likeness (QED) is 0.815. The van der Waals surface area contributed by atoms with E-state index in [0.29, 0.717) is 11.3 Å². The molecule has 2 aromatic carbocycles. The summed E-state index contributed by atoms with van der Waals surface area (Å²) in [7, 11) is 0. The smallest absolute Gasteiger partial charge is 0.258 e. The van der Waals surface area contributed by atoms with Crippen LogP contribution >= 0.6 is 15.9 Å². The van der Waals surface area contributed by atoms with Crippen LogP contribution in [0.3, 0.4) is 0 Å². The number of hydrogen-bond donors (Lipinski definition) is 2. The number of carbonyl (C=O) groups excluding carboxylic acids is 1. The predicted octanol–water partition coefficient (Wildman–Crippen LogP) is 3.87. The van der Waals surface area contributed by atoms with Crippen molar-refractivity contribution in [1.29, 1.82) is 0 Å². The van der Waals surface area contributed by atoms with Crippen LogP contribution in [0.5, 0.6) is 0 Å². The molecule has 3 nitrogen and oxygen atoms in total. The van der Waals surface area contributed by atoms with Gasteiger partial charge < -0.3 is 11.1 Å². The SMILES string of the molecule is Cc1cc(F)c(Br)cc1NC(=O)c1cc(N)ccc1F. The Hall–Kier alpha value is -1.95. The van der Waals surface area contributed by atoms with E-state index in [1.807, 2.05) is 0 Å². The highest BCUT2D eigenvalue weighted by Crippen LogP contribution is 2.25. The molecule has 0 unspecified atom stereocenters. The first-order valence-electron chi connectivity index (χ1n) is 5.70. The number of hydrogen-bond acceptors (Lipinski definition) is 2. The van der Waals surface area contributed by atoms with E-state index in [1.165, 1.54) is 24.3 Å². The molecular formula is C14H11BrF2N2O. The topological polar surface area (TPSA) is 55.1 Å². The summed E-state index contributed by atoms with van der Waals surface area (Å²) in [5.41, 5.74) is 6.58. The number of halogens is 3. The van der Waals surface area contributed by atoms with Gasteiger partial charge in [-0.2, -0.15) is 0 Å². The van der Waals surface area contributed by atoms with Crippen LogP contribution in [-0.2, 0) is 0 Å². The van der Waals surface area contributed by atoms with Gasteiger partial charge in [-0.05, 0) is 58.7 Å². The highest BCUT2D eigenvalue weighted by atomic mass is 79.9. The lowest BCUT2D eigenvalue weighted by atomic mass is 10.1. The number of carbonyl (C=O) groups is 1. The average molecular weight is 341 g/mol.